The summed E-state index contributed by atoms with van der Waals surface area (Å²) in [5.41, 5.74) is 0. The van der Waals surface area contributed by atoms with E-state index in [0.29, 0.717) is 12.8 Å². The Morgan fingerprint density at radius 2 is 0.812 bits per heavy atom. The van der Waals surface area contributed by atoms with Gasteiger partial charge in [0.2, 0.25) is 0 Å². The van der Waals surface area contributed by atoms with E-state index >= 15 is 0 Å². The Labute approximate surface area is 292 Å². The molecule has 0 aromatic carbocycles. The lowest BCUT2D eigenvalue weighted by atomic mass is 10.1. The number of ether oxygens (including phenoxy) is 2. The Balaban J connectivity index is 4.60. The third kappa shape index (κ3) is 33.3. The van der Waals surface area contributed by atoms with Gasteiger partial charge in [-0.25, -0.2) is 0 Å². The Bertz CT molecular complexity index is 795. The largest absolute Gasteiger partial charge is 0.481 e. The molecule has 0 aliphatic carbocycles. The fourth-order valence-corrected chi connectivity index (χ4v) is 5.61. The van der Waals surface area contributed by atoms with Crippen LogP contribution in [-0.2, 0) is 28.7 Å². The zero-order valence-electron chi connectivity index (χ0n) is 30.6. The lowest BCUT2D eigenvalue weighted by Crippen LogP contribution is -2.21. The molecule has 48 heavy (non-hydrogen) atoms. The quantitative estimate of drug-likeness (QED) is 0.0385. The van der Waals surface area contributed by atoms with E-state index in [9.17, 15) is 19.2 Å². The summed E-state index contributed by atoms with van der Waals surface area (Å²) in [6, 6.07) is 0. The summed E-state index contributed by atoms with van der Waals surface area (Å²) in [4.78, 5) is 46.7. The van der Waals surface area contributed by atoms with Crippen molar-refractivity contribution in [2.75, 3.05) is 0 Å². The van der Waals surface area contributed by atoms with Gasteiger partial charge in [0.25, 0.3) is 0 Å². The molecule has 278 valence electrons. The maximum Gasteiger partial charge on any atom is 0.306 e. The molecule has 0 aromatic heterocycles. The SMILES string of the molecule is CCCCCCC(C/C=C/CCCCCCCC(=O)O)OC(=O)CCC(=O)OC(C/C=C/CCCCCCCC(=O)O)CCCCCC. The first-order valence-corrected chi connectivity index (χ1v) is 19.4. The molecule has 0 saturated carbocycles. The smallest absolute Gasteiger partial charge is 0.306 e. The Hall–Kier alpha value is -2.64. The highest BCUT2D eigenvalue weighted by atomic mass is 16.6. The van der Waals surface area contributed by atoms with E-state index in [0.717, 1.165) is 128 Å². The molecule has 0 spiro atoms. The number of aliphatic carboxylic acids is 2. The second kappa shape index (κ2) is 34.2. The summed E-state index contributed by atoms with van der Waals surface area (Å²) in [7, 11) is 0. The third-order valence-electron chi connectivity index (χ3n) is 8.54. The molecule has 0 aliphatic heterocycles. The highest BCUT2D eigenvalue weighted by molar-refractivity contribution is 5.77. The summed E-state index contributed by atoms with van der Waals surface area (Å²) in [6.07, 6.45) is 32.3. The molecular weight excluding hydrogens is 608 g/mol. The van der Waals surface area contributed by atoms with Crippen molar-refractivity contribution >= 4 is 23.9 Å². The van der Waals surface area contributed by atoms with Gasteiger partial charge < -0.3 is 19.7 Å². The number of unbranched alkanes of at least 4 members (excludes halogenated alkanes) is 16. The predicted octanol–water partition coefficient (Wildman–Crippen LogP) is 11.1. The maximum absolute atomic E-state index is 12.7. The molecule has 8 heteroatoms. The second-order valence-corrected chi connectivity index (χ2v) is 13.2. The molecule has 2 unspecified atom stereocenters. The monoisotopic (exact) mass is 679 g/mol. The molecule has 0 heterocycles. The summed E-state index contributed by atoms with van der Waals surface area (Å²) in [6.45, 7) is 4.35. The van der Waals surface area contributed by atoms with Crippen molar-refractivity contribution in [3.8, 4) is 0 Å². The van der Waals surface area contributed by atoms with Crippen LogP contribution in [0.4, 0.5) is 0 Å². The zero-order valence-corrected chi connectivity index (χ0v) is 30.6. The zero-order chi connectivity index (χ0) is 35.5. The minimum Gasteiger partial charge on any atom is -0.481 e. The normalized spacial score (nSPS) is 12.8. The van der Waals surface area contributed by atoms with Crippen LogP contribution in [0.5, 0.6) is 0 Å². The fraction of sp³-hybridized carbons (Fsp3) is 0.800. The van der Waals surface area contributed by atoms with Crippen LogP contribution in [0.15, 0.2) is 24.3 Å². The number of esters is 2. The Morgan fingerprint density at radius 1 is 0.458 bits per heavy atom. The molecule has 0 saturated heterocycles. The number of hydrogen-bond acceptors (Lipinski definition) is 6. The number of rotatable bonds is 35. The molecule has 2 atom stereocenters. The maximum atomic E-state index is 12.7. The van der Waals surface area contributed by atoms with Crippen molar-refractivity contribution in [2.24, 2.45) is 0 Å². The van der Waals surface area contributed by atoms with Gasteiger partial charge in [0.1, 0.15) is 12.2 Å². The van der Waals surface area contributed by atoms with Gasteiger partial charge in [-0.05, 0) is 64.2 Å². The van der Waals surface area contributed by atoms with E-state index in [-0.39, 0.29) is 49.8 Å². The van der Waals surface area contributed by atoms with Gasteiger partial charge in [0.05, 0.1) is 12.8 Å². The minimum atomic E-state index is -0.726. The summed E-state index contributed by atoms with van der Waals surface area (Å²) >= 11 is 0. The van der Waals surface area contributed by atoms with E-state index in [1.54, 1.807) is 0 Å². The van der Waals surface area contributed by atoms with Crippen LogP contribution in [0.2, 0.25) is 0 Å². The average molecular weight is 679 g/mol. The Morgan fingerprint density at radius 3 is 1.19 bits per heavy atom. The molecule has 8 nitrogen and oxygen atoms in total. The summed E-state index contributed by atoms with van der Waals surface area (Å²) in [5.74, 6) is -2.14. The number of carboxylic acid groups (broad SMARTS) is 2. The van der Waals surface area contributed by atoms with Gasteiger partial charge in [-0.15, -0.1) is 0 Å². The van der Waals surface area contributed by atoms with Crippen LogP contribution in [0.3, 0.4) is 0 Å². The number of carboxylic acids is 2. The van der Waals surface area contributed by atoms with Crippen molar-refractivity contribution in [1.29, 1.82) is 0 Å². The van der Waals surface area contributed by atoms with Gasteiger partial charge in [-0.1, -0.05) is 115 Å². The van der Waals surface area contributed by atoms with Crippen LogP contribution >= 0.6 is 0 Å². The first-order valence-electron chi connectivity index (χ1n) is 19.4. The average Bonchev–Trinajstić information content (AvgIpc) is 3.05. The molecular formula is C40H70O8. The summed E-state index contributed by atoms with van der Waals surface area (Å²) < 4.78 is 11.7. The fourth-order valence-electron chi connectivity index (χ4n) is 5.61. The molecule has 0 amide bonds. The van der Waals surface area contributed by atoms with Gasteiger partial charge in [0.15, 0.2) is 0 Å². The molecule has 0 rings (SSSR count). The molecule has 0 fully saturated rings. The van der Waals surface area contributed by atoms with Crippen molar-refractivity contribution in [1.82, 2.24) is 0 Å². The molecule has 0 radical (unpaired) electrons. The van der Waals surface area contributed by atoms with Crippen LogP contribution in [0, 0.1) is 0 Å². The van der Waals surface area contributed by atoms with Crippen molar-refractivity contribution in [2.45, 2.75) is 206 Å². The lowest BCUT2D eigenvalue weighted by Gasteiger charge is -2.18. The number of allylic oxidation sites excluding steroid dienone is 2. The second-order valence-electron chi connectivity index (χ2n) is 13.2. The van der Waals surface area contributed by atoms with Crippen LogP contribution in [0.25, 0.3) is 0 Å². The highest BCUT2D eigenvalue weighted by Gasteiger charge is 2.18. The molecule has 0 aromatic rings. The standard InChI is InChI=1S/C40H70O8/c1-3-5-7-21-27-35(29-23-17-13-9-11-15-19-25-31-37(41)42)47-39(45)33-34-40(46)48-36(28-22-8-6-4-2)30-24-18-14-10-12-16-20-26-32-38(43)44/h17-18,23-24,35-36H,3-16,19-22,25-34H2,1-2H3,(H,41,42)(H,43,44)/b23-17+,24-18+. The van der Waals surface area contributed by atoms with Crippen LogP contribution < -0.4 is 0 Å². The van der Waals surface area contributed by atoms with Gasteiger partial charge in [-0.2, -0.15) is 0 Å². The van der Waals surface area contributed by atoms with E-state index in [1.165, 1.54) is 12.8 Å². The third-order valence-corrected chi connectivity index (χ3v) is 8.54. The van der Waals surface area contributed by atoms with Crippen LogP contribution in [0.1, 0.15) is 194 Å². The molecule has 0 bridgehead atoms. The number of carbonyl (C=O) groups excluding carboxylic acids is 2. The van der Waals surface area contributed by atoms with E-state index < -0.39 is 11.9 Å². The number of hydrogen-bond donors (Lipinski definition) is 2. The number of carbonyl (C=O) groups is 4. The topological polar surface area (TPSA) is 127 Å². The Kier molecular flexibility index (Phi) is 32.3. The minimum absolute atomic E-state index is 0.0285. The summed E-state index contributed by atoms with van der Waals surface area (Å²) in [5, 5.41) is 17.4. The van der Waals surface area contributed by atoms with Gasteiger partial charge >= 0.3 is 23.9 Å². The predicted molar refractivity (Wildman–Crippen MR) is 194 cm³/mol. The van der Waals surface area contributed by atoms with Gasteiger partial charge in [-0.3, -0.25) is 19.2 Å². The first-order chi connectivity index (χ1) is 23.3. The van der Waals surface area contributed by atoms with E-state index in [2.05, 4.69) is 38.2 Å². The highest BCUT2D eigenvalue weighted by Crippen LogP contribution is 2.17. The van der Waals surface area contributed by atoms with Crippen molar-refractivity contribution in [3.63, 3.8) is 0 Å². The first kappa shape index (κ1) is 45.4. The van der Waals surface area contributed by atoms with Crippen LogP contribution in [-0.4, -0.2) is 46.3 Å². The van der Waals surface area contributed by atoms with Crippen molar-refractivity contribution < 1.29 is 38.9 Å². The van der Waals surface area contributed by atoms with E-state index in [1.807, 2.05) is 0 Å². The van der Waals surface area contributed by atoms with E-state index in [4.69, 9.17) is 19.7 Å². The lowest BCUT2D eigenvalue weighted by molar-refractivity contribution is -0.156. The van der Waals surface area contributed by atoms with Gasteiger partial charge in [0, 0.05) is 25.7 Å². The molecule has 2 N–H and O–H groups in total. The van der Waals surface area contributed by atoms with Crippen molar-refractivity contribution in [3.05, 3.63) is 24.3 Å². The molecule has 0 aliphatic rings.